The van der Waals surface area contributed by atoms with Crippen LogP contribution in [-0.4, -0.2) is 470 Å². The number of aliphatic carboxylic acids is 1. The summed E-state index contributed by atoms with van der Waals surface area (Å²) in [5.74, 6) is -9.09. The molecule has 0 aromatic carbocycles. The van der Waals surface area contributed by atoms with Gasteiger partial charge in [-0.1, -0.05) is 18.2 Å². The van der Waals surface area contributed by atoms with Gasteiger partial charge < -0.3 is 213 Å². The van der Waals surface area contributed by atoms with Crippen LogP contribution in [0.4, 0.5) is 0 Å². The quantitative estimate of drug-likeness (QED) is 0.0129. The summed E-state index contributed by atoms with van der Waals surface area (Å²) in [7, 11) is 2.72. The van der Waals surface area contributed by atoms with E-state index in [0.717, 1.165) is 18.2 Å². The number of carbonyl (C=O) groups is 5. The highest BCUT2D eigenvalue weighted by molar-refractivity contribution is 5.90. The minimum atomic E-state index is -2.20. The normalized spacial score (nSPS) is 47.6. The number of carboxylic acids is 1. The first-order valence-electron chi connectivity index (χ1n) is 43.9. The van der Waals surface area contributed by atoms with Crippen molar-refractivity contribution in [3.63, 3.8) is 0 Å². The minimum Gasteiger partial charge on any atom is -0.481 e. The van der Waals surface area contributed by atoms with Gasteiger partial charge in [-0.25, -0.2) is 14.4 Å². The van der Waals surface area contributed by atoms with Crippen LogP contribution in [0.25, 0.3) is 0 Å². The second kappa shape index (κ2) is 46.9. The van der Waals surface area contributed by atoms with Gasteiger partial charge in [-0.05, 0) is 107 Å². The van der Waals surface area contributed by atoms with Crippen molar-refractivity contribution >= 4 is 29.8 Å². The Labute approximate surface area is 743 Å². The number of carbonyl (C=O) groups excluding carboxylic acids is 4. The first kappa shape index (κ1) is 104. The summed E-state index contributed by atoms with van der Waals surface area (Å²) in [6.07, 6.45) is -60.6. The lowest BCUT2D eigenvalue weighted by Crippen LogP contribution is -2.65. The molecule has 24 N–H and O–H groups in total. The van der Waals surface area contributed by atoms with E-state index in [1.807, 2.05) is 0 Å². The predicted molar refractivity (Wildman–Crippen MR) is 417 cm³/mol. The number of methoxy groups -OCH3 is 2. The van der Waals surface area contributed by atoms with E-state index in [0.29, 0.717) is 6.42 Å². The van der Waals surface area contributed by atoms with E-state index in [2.05, 4.69) is 0 Å². The molecule has 7 saturated heterocycles. The molecule has 12 rings (SSSR count). The van der Waals surface area contributed by atoms with Gasteiger partial charge in [0.25, 0.3) is 0 Å². The molecule has 46 unspecified atom stereocenters. The number of esters is 4. The average molecular weight is 1880 g/mol. The Morgan fingerprint density at radius 2 is 0.777 bits per heavy atom. The van der Waals surface area contributed by atoms with Gasteiger partial charge in [0.1, 0.15) is 167 Å². The number of aliphatic hydroxyl groups excluding tert-OH is 23. The fourth-order valence-electron chi connectivity index (χ4n) is 19.1. The van der Waals surface area contributed by atoms with Crippen molar-refractivity contribution in [2.75, 3.05) is 53.9 Å². The van der Waals surface area contributed by atoms with Gasteiger partial charge in [0.2, 0.25) is 0 Å². The Hall–Kier alpha value is -4.95. The number of ether oxygens (including phenoxy) is 19. The summed E-state index contributed by atoms with van der Waals surface area (Å²) in [5, 5.41) is 260. The highest BCUT2D eigenvalue weighted by Crippen LogP contribution is 2.47. The van der Waals surface area contributed by atoms with E-state index in [1.165, 1.54) is 32.4 Å². The summed E-state index contributed by atoms with van der Waals surface area (Å²) in [4.78, 5) is 64.4. The van der Waals surface area contributed by atoms with Crippen molar-refractivity contribution in [3.05, 3.63) is 36.5 Å². The second-order valence-electron chi connectivity index (χ2n) is 35.5. The number of hydrogen-bond acceptors (Lipinski definition) is 47. The smallest absolute Gasteiger partial charge is 0.330 e. The van der Waals surface area contributed by atoms with Crippen LogP contribution in [0.1, 0.15) is 96.3 Å². The molecule has 0 aromatic heterocycles. The highest BCUT2D eigenvalue weighted by Gasteiger charge is 2.59. The summed E-state index contributed by atoms with van der Waals surface area (Å²) in [5.41, 5.74) is 0. The number of aliphatic hydroxyl groups is 23. The number of carboxylic acid groups (broad SMARTS) is 1. The Bertz CT molecular complexity index is 3660. The average Bonchev–Trinajstić information content (AvgIpc) is 0.778. The Kier molecular flexibility index (Phi) is 37.5. The molecule has 7 aliphatic heterocycles. The molecule has 0 aromatic rings. The van der Waals surface area contributed by atoms with Crippen molar-refractivity contribution in [2.24, 2.45) is 29.6 Å². The number of rotatable bonds is 32. The maximum absolute atomic E-state index is 14.0. The molecule has 130 heavy (non-hydrogen) atoms. The summed E-state index contributed by atoms with van der Waals surface area (Å²) >= 11 is 0. The van der Waals surface area contributed by atoms with Gasteiger partial charge in [0.05, 0.1) is 99.2 Å². The molecule has 7 heterocycles. The summed E-state index contributed by atoms with van der Waals surface area (Å²) in [6.45, 7) is -4.49. The molecular formula is C82H126O48. The molecule has 48 nitrogen and oxygen atoms in total. The van der Waals surface area contributed by atoms with E-state index >= 15 is 0 Å². The van der Waals surface area contributed by atoms with Gasteiger partial charge in [0.15, 0.2) is 43.8 Å². The zero-order chi connectivity index (χ0) is 94.1. The van der Waals surface area contributed by atoms with Crippen molar-refractivity contribution in [3.8, 4) is 0 Å². The van der Waals surface area contributed by atoms with Crippen LogP contribution in [0, 0.1) is 29.6 Å². The maximum Gasteiger partial charge on any atom is 0.330 e. The molecule has 5 saturated carbocycles. The summed E-state index contributed by atoms with van der Waals surface area (Å²) < 4.78 is 112. The Balaban J connectivity index is 0.712. The van der Waals surface area contributed by atoms with Crippen LogP contribution in [-0.2, 0) is 114 Å². The monoisotopic (exact) mass is 1880 g/mol. The van der Waals surface area contributed by atoms with Crippen molar-refractivity contribution in [2.45, 2.75) is 360 Å². The molecule has 48 heteroatoms. The van der Waals surface area contributed by atoms with Crippen LogP contribution >= 0.6 is 0 Å². The van der Waals surface area contributed by atoms with Crippen molar-refractivity contribution in [1.82, 2.24) is 0 Å². The topological polar surface area (TPSA) is 746 Å². The van der Waals surface area contributed by atoms with E-state index in [-0.39, 0.29) is 83.5 Å². The predicted octanol–water partition coefficient (Wildman–Crippen LogP) is -11.1. The molecule has 5 aliphatic carbocycles. The van der Waals surface area contributed by atoms with Crippen LogP contribution in [0.2, 0.25) is 0 Å². The Morgan fingerprint density at radius 3 is 1.26 bits per heavy atom. The first-order chi connectivity index (χ1) is 61.8. The van der Waals surface area contributed by atoms with Gasteiger partial charge in [-0.3, -0.25) is 9.59 Å². The zero-order valence-electron chi connectivity index (χ0n) is 71.1. The van der Waals surface area contributed by atoms with Crippen LogP contribution in [0.3, 0.4) is 0 Å². The van der Waals surface area contributed by atoms with E-state index in [9.17, 15) is 141 Å². The van der Waals surface area contributed by atoms with Crippen LogP contribution in [0.15, 0.2) is 36.5 Å². The lowest BCUT2D eigenvalue weighted by Gasteiger charge is -2.53. The van der Waals surface area contributed by atoms with Crippen molar-refractivity contribution < 1.29 is 237 Å². The number of fused-ring (bicyclic) bond motifs is 1. The van der Waals surface area contributed by atoms with E-state index in [1.54, 1.807) is 0 Å². The number of hydrogen-bond donors (Lipinski definition) is 24. The molecule has 46 atom stereocenters. The molecule has 742 valence electrons. The van der Waals surface area contributed by atoms with Gasteiger partial charge >= 0.3 is 29.8 Å². The maximum atomic E-state index is 14.0. The summed E-state index contributed by atoms with van der Waals surface area (Å²) in [6, 6.07) is 0. The molecule has 0 bridgehead atoms. The largest absolute Gasteiger partial charge is 0.481 e. The third-order valence-corrected chi connectivity index (χ3v) is 26.6. The number of allylic oxidation sites excluding steroid dienone is 3. The molecule has 0 spiro atoms. The molecule has 0 amide bonds. The highest BCUT2D eigenvalue weighted by atomic mass is 16.8. The third kappa shape index (κ3) is 25.3. The molecular weight excluding hydrogens is 1750 g/mol. The van der Waals surface area contributed by atoms with Crippen LogP contribution < -0.4 is 0 Å². The lowest BCUT2D eigenvalue weighted by atomic mass is 9.72. The van der Waals surface area contributed by atoms with E-state index in [4.69, 9.17) is 95.1 Å². The fraction of sp³-hybridized carbons (Fsp3) is 0.866. The second-order valence-corrected chi connectivity index (χ2v) is 35.5. The van der Waals surface area contributed by atoms with E-state index < -0.39 is 369 Å². The van der Waals surface area contributed by atoms with Crippen molar-refractivity contribution in [1.29, 1.82) is 0 Å². The lowest BCUT2D eigenvalue weighted by molar-refractivity contribution is -0.373. The molecule has 0 radical (unpaired) electrons. The SMILES string of the molecule is COC1CC(C=CC(=O)OCC2OC(OC3CC4C(OC5OC(COC(=O)CC(=O)O)C(O)C(O)C5O)CC(O)CC4OC3C3CCC(O)C(O)C3)C(OC3OCC(O)C(O)C3OC(=O)C=CC3CCC(OC4OC(COC(=O)C=CC5CCC(OC6OC(CO)C(O)C(O)C6O)C(O)C5)C(O)C(O)C4O)C(O)C3)C(O)C2O)CC(OC)C1OC1OC(CO)C(O)C(O)C1O. The van der Waals surface area contributed by atoms with Crippen LogP contribution in [0.5, 0.6) is 0 Å². The first-order valence-corrected chi connectivity index (χ1v) is 43.9. The van der Waals surface area contributed by atoms with Gasteiger partial charge in [0, 0.05) is 44.8 Å². The molecule has 12 fully saturated rings. The molecule has 12 aliphatic rings. The fourth-order valence-corrected chi connectivity index (χ4v) is 19.1. The van der Waals surface area contributed by atoms with Gasteiger partial charge in [-0.15, -0.1) is 0 Å². The zero-order valence-corrected chi connectivity index (χ0v) is 71.1. The van der Waals surface area contributed by atoms with Gasteiger partial charge in [-0.2, -0.15) is 0 Å². The minimum absolute atomic E-state index is 0.0116. The standard InChI is InChI=1S/C82H126O48/c1-112-45-17-32(18-46(113-2)74(45)129-80-72(111)65(104)60(99)49(25-84)124-80)7-13-55(94)115-28-52-63(102)68(107)76(82(127-52)122-47-22-35-43(118-73(47)33-8-9-36(86)37(87)19-33)20-34(85)21-44(35)121-79-71(110)67(106)62(101)51(126-79)29-116-57(96)23-53(91)92)130-81-75(58(97)40(90)26-117-81)128-56(95)14-6-31-4-11-42(39(89)16-31)120-78-70(109)66(105)61(100)50(125-78)27-114-54(93)12-5-30-3-10-41(38(88)15-30)119-77-69(108)64(103)59(98)48(24-83)123-77/h5-7,12-14,30-52,58-90,97-111H,3-4,8-11,15-29H2,1-2H3,(H,91,92). The Morgan fingerprint density at radius 1 is 0.338 bits per heavy atom. The third-order valence-electron chi connectivity index (χ3n) is 26.6.